The Morgan fingerprint density at radius 3 is 2.48 bits per heavy atom. The Labute approximate surface area is 146 Å². The zero-order valence-electron chi connectivity index (χ0n) is 14.1. The highest BCUT2D eigenvalue weighted by Crippen LogP contribution is 2.50. The maximum atomic E-state index is 14.9. The third kappa shape index (κ3) is 3.11. The fraction of sp³-hybridized carbons (Fsp3) is 0.474. The summed E-state index contributed by atoms with van der Waals surface area (Å²) < 4.78 is 29.8. The van der Waals surface area contributed by atoms with E-state index < -0.39 is 11.3 Å². The van der Waals surface area contributed by atoms with Crippen molar-refractivity contribution in [1.82, 2.24) is 14.9 Å². The van der Waals surface area contributed by atoms with E-state index in [4.69, 9.17) is 0 Å². The van der Waals surface area contributed by atoms with Crippen molar-refractivity contribution in [2.45, 2.75) is 25.3 Å². The van der Waals surface area contributed by atoms with Gasteiger partial charge in [0.15, 0.2) is 0 Å². The van der Waals surface area contributed by atoms with E-state index in [2.05, 4.69) is 19.8 Å². The Hall–Kier alpha value is -2.08. The predicted octanol–water partition coefficient (Wildman–Crippen LogP) is 3.21. The van der Waals surface area contributed by atoms with E-state index in [1.54, 1.807) is 18.6 Å². The van der Waals surface area contributed by atoms with Crippen LogP contribution in [0.2, 0.25) is 0 Å². The highest BCUT2D eigenvalue weighted by Gasteiger charge is 2.59. The number of aromatic nitrogens is 2. The molecule has 2 aromatic rings. The smallest absolute Gasteiger partial charge is 0.257 e. The summed E-state index contributed by atoms with van der Waals surface area (Å²) in [7, 11) is 0. The molecule has 4 rings (SSSR count). The summed E-state index contributed by atoms with van der Waals surface area (Å²) in [5, 5.41) is 0. The molecule has 1 atom stereocenters. The number of hydrogen-bond donors (Lipinski definition) is 0. The number of hydrogen-bond acceptors (Lipinski definition) is 4. The zero-order chi connectivity index (χ0) is 17.3. The Bertz CT molecular complexity index is 710. The third-order valence-electron chi connectivity index (χ3n) is 5.54. The SMILES string of the molecule is FC1(F)CCN(Cc2cccnc2)C[C@]12CCN(c1cccnc1)C2. The van der Waals surface area contributed by atoms with Crippen molar-refractivity contribution in [3.8, 4) is 0 Å². The fourth-order valence-corrected chi connectivity index (χ4v) is 4.13. The van der Waals surface area contributed by atoms with Crippen LogP contribution in [-0.4, -0.2) is 47.0 Å². The van der Waals surface area contributed by atoms with Crippen LogP contribution in [0.5, 0.6) is 0 Å². The van der Waals surface area contributed by atoms with Gasteiger partial charge in [-0.3, -0.25) is 14.9 Å². The number of pyridine rings is 2. The predicted molar refractivity (Wildman–Crippen MR) is 92.6 cm³/mol. The van der Waals surface area contributed by atoms with Gasteiger partial charge in [0.25, 0.3) is 5.92 Å². The Balaban J connectivity index is 1.52. The standard InChI is InChI=1S/C19H22F2N4/c20-19(21)6-9-24(13-16-3-1-7-22-11-16)14-18(19)5-10-25(15-18)17-4-2-8-23-12-17/h1-4,7-8,11-12H,5-6,9-10,13-15H2/t18-/m0/s1. The van der Waals surface area contributed by atoms with Crippen molar-refractivity contribution < 1.29 is 8.78 Å². The molecule has 132 valence electrons. The maximum Gasteiger partial charge on any atom is 0.257 e. The minimum atomic E-state index is -2.63. The molecule has 0 amide bonds. The van der Waals surface area contributed by atoms with Crippen LogP contribution in [-0.2, 0) is 6.54 Å². The molecule has 2 aliphatic rings. The van der Waals surface area contributed by atoms with Gasteiger partial charge in [-0.15, -0.1) is 0 Å². The molecule has 0 bridgehead atoms. The van der Waals surface area contributed by atoms with Gasteiger partial charge >= 0.3 is 0 Å². The number of nitrogens with zero attached hydrogens (tertiary/aromatic N) is 4. The number of halogens is 2. The van der Waals surface area contributed by atoms with Crippen LogP contribution >= 0.6 is 0 Å². The van der Waals surface area contributed by atoms with Crippen LogP contribution in [0.1, 0.15) is 18.4 Å². The van der Waals surface area contributed by atoms with Crippen LogP contribution in [0.15, 0.2) is 49.1 Å². The summed E-state index contributed by atoms with van der Waals surface area (Å²) >= 11 is 0. The molecule has 4 nitrogen and oxygen atoms in total. The molecular weight excluding hydrogens is 322 g/mol. The lowest BCUT2D eigenvalue weighted by molar-refractivity contribution is -0.158. The molecule has 6 heteroatoms. The van der Waals surface area contributed by atoms with Gasteiger partial charge in [-0.05, 0) is 30.2 Å². The minimum absolute atomic E-state index is 0.0753. The molecule has 25 heavy (non-hydrogen) atoms. The first kappa shape index (κ1) is 16.4. The lowest BCUT2D eigenvalue weighted by atomic mass is 9.75. The molecule has 2 fully saturated rings. The summed E-state index contributed by atoms with van der Waals surface area (Å²) in [6.07, 6.45) is 7.45. The third-order valence-corrected chi connectivity index (χ3v) is 5.54. The lowest BCUT2D eigenvalue weighted by Crippen LogP contribution is -2.56. The molecule has 2 saturated heterocycles. The summed E-state index contributed by atoms with van der Waals surface area (Å²) in [6, 6.07) is 7.70. The maximum absolute atomic E-state index is 14.9. The van der Waals surface area contributed by atoms with E-state index in [1.807, 2.05) is 30.5 Å². The second-order valence-electron chi connectivity index (χ2n) is 7.19. The molecule has 4 heterocycles. The van der Waals surface area contributed by atoms with Crippen molar-refractivity contribution in [3.63, 3.8) is 0 Å². The Morgan fingerprint density at radius 2 is 1.76 bits per heavy atom. The topological polar surface area (TPSA) is 32.3 Å². The van der Waals surface area contributed by atoms with Gasteiger partial charge in [0.1, 0.15) is 0 Å². The van der Waals surface area contributed by atoms with E-state index in [0.717, 1.165) is 11.3 Å². The van der Waals surface area contributed by atoms with Crippen LogP contribution < -0.4 is 4.90 Å². The second-order valence-corrected chi connectivity index (χ2v) is 7.19. The van der Waals surface area contributed by atoms with Gasteiger partial charge in [-0.25, -0.2) is 8.78 Å². The van der Waals surface area contributed by atoms with Crippen molar-refractivity contribution in [3.05, 3.63) is 54.6 Å². The van der Waals surface area contributed by atoms with Crippen molar-refractivity contribution in [2.24, 2.45) is 5.41 Å². The molecular formula is C19H22F2N4. The van der Waals surface area contributed by atoms with Gasteiger partial charge < -0.3 is 4.90 Å². The van der Waals surface area contributed by atoms with Crippen LogP contribution in [0.3, 0.4) is 0 Å². The number of anilines is 1. The molecule has 0 aliphatic carbocycles. The van der Waals surface area contributed by atoms with E-state index >= 15 is 0 Å². The number of rotatable bonds is 3. The number of alkyl halides is 2. The van der Waals surface area contributed by atoms with Gasteiger partial charge in [0.05, 0.1) is 17.3 Å². The number of piperidine rings is 1. The molecule has 2 aliphatic heterocycles. The molecule has 0 saturated carbocycles. The van der Waals surface area contributed by atoms with Crippen molar-refractivity contribution in [2.75, 3.05) is 31.1 Å². The first-order chi connectivity index (χ1) is 12.1. The molecule has 0 unspecified atom stereocenters. The highest BCUT2D eigenvalue weighted by molar-refractivity contribution is 5.45. The van der Waals surface area contributed by atoms with Gasteiger partial charge in [0.2, 0.25) is 0 Å². The van der Waals surface area contributed by atoms with Gasteiger partial charge in [-0.2, -0.15) is 0 Å². The Kier molecular flexibility index (Phi) is 4.15. The fourth-order valence-electron chi connectivity index (χ4n) is 4.13. The Morgan fingerprint density at radius 1 is 0.960 bits per heavy atom. The highest BCUT2D eigenvalue weighted by atomic mass is 19.3. The second kappa shape index (κ2) is 6.33. The molecule has 0 aromatic carbocycles. The summed E-state index contributed by atoms with van der Waals surface area (Å²) in [5.41, 5.74) is 1.02. The molecule has 0 radical (unpaired) electrons. The van der Waals surface area contributed by atoms with Crippen molar-refractivity contribution in [1.29, 1.82) is 0 Å². The van der Waals surface area contributed by atoms with E-state index in [1.165, 1.54) is 0 Å². The monoisotopic (exact) mass is 344 g/mol. The van der Waals surface area contributed by atoms with Crippen molar-refractivity contribution >= 4 is 5.69 Å². The first-order valence-electron chi connectivity index (χ1n) is 8.72. The first-order valence-corrected chi connectivity index (χ1v) is 8.72. The van der Waals surface area contributed by atoms with Crippen LogP contribution in [0.25, 0.3) is 0 Å². The van der Waals surface area contributed by atoms with Crippen LogP contribution in [0, 0.1) is 5.41 Å². The largest absolute Gasteiger partial charge is 0.369 e. The average Bonchev–Trinajstić information content (AvgIpc) is 3.06. The normalized spacial score (nSPS) is 26.2. The van der Waals surface area contributed by atoms with Gasteiger partial charge in [0, 0.05) is 57.7 Å². The number of likely N-dealkylation sites (tertiary alicyclic amines) is 1. The van der Waals surface area contributed by atoms with E-state index in [9.17, 15) is 8.78 Å². The van der Waals surface area contributed by atoms with Crippen LogP contribution in [0.4, 0.5) is 14.5 Å². The molecule has 1 spiro atoms. The van der Waals surface area contributed by atoms with E-state index in [0.29, 0.717) is 39.1 Å². The van der Waals surface area contributed by atoms with Gasteiger partial charge in [-0.1, -0.05) is 6.07 Å². The molecule has 2 aromatic heterocycles. The summed E-state index contributed by atoms with van der Waals surface area (Å²) in [4.78, 5) is 12.5. The quantitative estimate of drug-likeness (QED) is 0.856. The minimum Gasteiger partial charge on any atom is -0.369 e. The zero-order valence-corrected chi connectivity index (χ0v) is 14.1. The average molecular weight is 344 g/mol. The van der Waals surface area contributed by atoms with E-state index in [-0.39, 0.29) is 6.42 Å². The summed E-state index contributed by atoms with van der Waals surface area (Å²) in [6.45, 7) is 2.57. The summed E-state index contributed by atoms with van der Waals surface area (Å²) in [5.74, 6) is -2.63. The lowest BCUT2D eigenvalue weighted by Gasteiger charge is -2.46. The molecule has 0 N–H and O–H groups in total.